The number of anilines is 2. The second-order valence-corrected chi connectivity index (χ2v) is 9.49. The number of aromatic hydroxyl groups is 2. The molecule has 178 valence electrons. The first-order valence-corrected chi connectivity index (χ1v) is 10.7. The normalized spacial score (nSPS) is 13.5. The molecule has 0 saturated carbocycles. The molecule has 2 aromatic rings. The highest BCUT2D eigenvalue weighted by Gasteiger charge is 2.39. The number of phenols is 2. The summed E-state index contributed by atoms with van der Waals surface area (Å²) < 4.78 is -0.645. The van der Waals surface area contributed by atoms with E-state index in [9.17, 15) is 30.2 Å². The molecular formula is C22H29ClN4O6+2. The maximum atomic E-state index is 13.5. The van der Waals surface area contributed by atoms with Crippen molar-refractivity contribution < 1.29 is 39.5 Å². The lowest BCUT2D eigenvalue weighted by molar-refractivity contribution is -1.07. The van der Waals surface area contributed by atoms with E-state index in [-0.39, 0.29) is 67.6 Å². The number of rotatable bonds is 8. The number of hydroxylamine groups is 6. The van der Waals surface area contributed by atoms with Crippen molar-refractivity contribution in [3.63, 3.8) is 0 Å². The number of likely N-dealkylation sites (N-methyl/N-ethyl adjacent to an activating group) is 2. The molecule has 0 fully saturated rings. The standard InChI is InChI=1S/C22H27ClN4O6/c1-26(2,32)9-7-24-13-11-12(23)20(25-8-10-27(3,4)33)19-16(13)21(30)17-14(28)5-6-15(29)18(17)22(19)31/h5-6,11,32-33H,7-10H2,1-4H3,(H2-2,24,25,28,29,30,31)/p+2. The third-order valence-corrected chi connectivity index (χ3v) is 5.58. The Balaban J connectivity index is 2.15. The van der Waals surface area contributed by atoms with Crippen molar-refractivity contribution >= 4 is 34.5 Å². The van der Waals surface area contributed by atoms with Gasteiger partial charge in [-0.05, 0) is 18.2 Å². The van der Waals surface area contributed by atoms with Gasteiger partial charge in [0, 0.05) is 5.69 Å². The smallest absolute Gasteiger partial charge is 0.200 e. The van der Waals surface area contributed by atoms with E-state index in [0.717, 1.165) is 12.1 Å². The maximum absolute atomic E-state index is 13.5. The number of carbonyl (C=O) groups excluding carboxylic acids is 2. The van der Waals surface area contributed by atoms with E-state index in [0.29, 0.717) is 6.54 Å². The van der Waals surface area contributed by atoms with Crippen LogP contribution in [0.3, 0.4) is 0 Å². The molecule has 0 unspecified atom stereocenters. The van der Waals surface area contributed by atoms with Crippen LogP contribution in [0.5, 0.6) is 11.5 Å². The summed E-state index contributed by atoms with van der Waals surface area (Å²) in [4.78, 5) is 27.0. The molecule has 0 atom stereocenters. The van der Waals surface area contributed by atoms with E-state index in [1.807, 2.05) is 0 Å². The molecule has 3 rings (SSSR count). The van der Waals surface area contributed by atoms with Crippen molar-refractivity contribution in [1.29, 1.82) is 0 Å². The Morgan fingerprint density at radius 1 is 0.788 bits per heavy atom. The molecular weight excluding hydrogens is 452 g/mol. The Kier molecular flexibility index (Phi) is 6.60. The van der Waals surface area contributed by atoms with Crippen LogP contribution in [-0.4, -0.2) is 95.9 Å². The average Bonchev–Trinajstić information content (AvgIpc) is 2.67. The lowest BCUT2D eigenvalue weighted by atomic mass is 9.81. The second-order valence-electron chi connectivity index (χ2n) is 9.09. The number of ketones is 2. The molecule has 0 saturated heterocycles. The highest BCUT2D eigenvalue weighted by Crippen LogP contribution is 2.44. The summed E-state index contributed by atoms with van der Waals surface area (Å²) in [5, 5.41) is 46.8. The first-order valence-electron chi connectivity index (χ1n) is 10.3. The lowest BCUT2D eigenvalue weighted by Crippen LogP contribution is -2.40. The topological polar surface area (TPSA) is 139 Å². The zero-order valence-electron chi connectivity index (χ0n) is 18.9. The molecule has 0 aliphatic heterocycles. The number of nitrogens with one attached hydrogen (secondary N) is 2. The van der Waals surface area contributed by atoms with Crippen LogP contribution in [0.25, 0.3) is 0 Å². The van der Waals surface area contributed by atoms with Gasteiger partial charge in [-0.2, -0.15) is 9.29 Å². The van der Waals surface area contributed by atoms with E-state index in [1.165, 1.54) is 6.07 Å². The van der Waals surface area contributed by atoms with Gasteiger partial charge in [0.05, 0.1) is 74.2 Å². The summed E-state index contributed by atoms with van der Waals surface area (Å²) in [6.07, 6.45) is 0. The van der Waals surface area contributed by atoms with Gasteiger partial charge in [0.25, 0.3) is 0 Å². The molecule has 0 spiro atoms. The van der Waals surface area contributed by atoms with E-state index in [2.05, 4.69) is 10.6 Å². The number of hydrogen-bond donors (Lipinski definition) is 6. The first-order chi connectivity index (χ1) is 15.2. The molecule has 1 aliphatic carbocycles. The minimum Gasteiger partial charge on any atom is -0.507 e. The van der Waals surface area contributed by atoms with E-state index in [4.69, 9.17) is 11.6 Å². The van der Waals surface area contributed by atoms with Gasteiger partial charge < -0.3 is 20.8 Å². The van der Waals surface area contributed by atoms with Gasteiger partial charge in [0.2, 0.25) is 11.6 Å². The van der Waals surface area contributed by atoms with Crippen LogP contribution in [0.4, 0.5) is 11.4 Å². The number of quaternary nitrogens is 2. The molecule has 0 aromatic heterocycles. The third-order valence-electron chi connectivity index (χ3n) is 5.28. The molecule has 0 radical (unpaired) electrons. The van der Waals surface area contributed by atoms with Gasteiger partial charge in [0.1, 0.15) is 24.6 Å². The number of carbonyl (C=O) groups is 2. The van der Waals surface area contributed by atoms with Gasteiger partial charge >= 0.3 is 0 Å². The monoisotopic (exact) mass is 480 g/mol. The summed E-state index contributed by atoms with van der Waals surface area (Å²) in [6.45, 7) is 1.06. The Morgan fingerprint density at radius 2 is 1.24 bits per heavy atom. The highest BCUT2D eigenvalue weighted by molar-refractivity contribution is 6.39. The minimum atomic E-state index is -0.669. The second kappa shape index (κ2) is 8.81. The number of fused-ring (bicyclic) bond motifs is 2. The highest BCUT2D eigenvalue weighted by atomic mass is 35.5. The summed E-state index contributed by atoms with van der Waals surface area (Å²) in [6, 6.07) is 3.79. The summed E-state index contributed by atoms with van der Waals surface area (Å²) in [7, 11) is 6.34. The Morgan fingerprint density at radius 3 is 1.73 bits per heavy atom. The summed E-state index contributed by atoms with van der Waals surface area (Å²) >= 11 is 6.50. The molecule has 1 aliphatic rings. The Bertz CT molecular complexity index is 1120. The minimum absolute atomic E-state index is 0.00120. The van der Waals surface area contributed by atoms with E-state index < -0.39 is 23.1 Å². The van der Waals surface area contributed by atoms with Gasteiger partial charge in [-0.15, -0.1) is 0 Å². The number of hydrogen-bond acceptors (Lipinski definition) is 8. The van der Waals surface area contributed by atoms with Crippen LogP contribution >= 0.6 is 11.6 Å². The van der Waals surface area contributed by atoms with Crippen LogP contribution in [0.15, 0.2) is 18.2 Å². The molecule has 11 heteroatoms. The number of phenolic OH excluding ortho intramolecular Hbond substituents is 2. The van der Waals surface area contributed by atoms with Crippen LogP contribution < -0.4 is 10.6 Å². The van der Waals surface area contributed by atoms with Crippen molar-refractivity contribution in [2.45, 2.75) is 0 Å². The molecule has 6 N–H and O–H groups in total. The van der Waals surface area contributed by atoms with Gasteiger partial charge in [0.15, 0.2) is 0 Å². The van der Waals surface area contributed by atoms with Crippen molar-refractivity contribution in [3.05, 3.63) is 45.5 Å². The van der Waals surface area contributed by atoms with Gasteiger partial charge in [-0.1, -0.05) is 11.6 Å². The fourth-order valence-electron chi connectivity index (χ4n) is 3.63. The molecule has 0 bridgehead atoms. The van der Waals surface area contributed by atoms with Crippen molar-refractivity contribution in [2.24, 2.45) is 0 Å². The van der Waals surface area contributed by atoms with E-state index >= 15 is 0 Å². The van der Waals surface area contributed by atoms with Crippen LogP contribution in [0.1, 0.15) is 31.8 Å². The van der Waals surface area contributed by atoms with E-state index in [1.54, 1.807) is 28.2 Å². The molecule has 0 heterocycles. The lowest BCUT2D eigenvalue weighted by Gasteiger charge is -2.27. The number of halogens is 1. The van der Waals surface area contributed by atoms with Gasteiger partial charge in [-0.25, -0.2) is 10.4 Å². The zero-order chi connectivity index (χ0) is 24.7. The number of benzene rings is 2. The van der Waals surface area contributed by atoms with Crippen molar-refractivity contribution in [1.82, 2.24) is 0 Å². The van der Waals surface area contributed by atoms with Crippen LogP contribution in [0, 0.1) is 0 Å². The zero-order valence-corrected chi connectivity index (χ0v) is 19.7. The van der Waals surface area contributed by atoms with Gasteiger partial charge in [-0.3, -0.25) is 9.59 Å². The largest absolute Gasteiger partial charge is 0.507 e. The fourth-order valence-corrected chi connectivity index (χ4v) is 3.90. The Hall–Kier alpha value is -2.89. The molecule has 10 nitrogen and oxygen atoms in total. The SMILES string of the molecule is C[N+](C)(O)CCNc1cc(Cl)c(NCC[N+](C)(C)O)c2c1C(=O)c1c(O)ccc(O)c1C2=O. The first kappa shape index (κ1) is 24.7. The maximum Gasteiger partial charge on any atom is 0.200 e. The summed E-state index contributed by atoms with van der Waals surface area (Å²) in [5.74, 6) is -2.17. The number of nitrogens with zero attached hydrogens (tertiary/aromatic N) is 2. The van der Waals surface area contributed by atoms with Crippen molar-refractivity contribution in [3.8, 4) is 11.5 Å². The molecule has 0 amide bonds. The predicted molar refractivity (Wildman–Crippen MR) is 123 cm³/mol. The third kappa shape index (κ3) is 5.21. The predicted octanol–water partition coefficient (Wildman–Crippen LogP) is 2.28. The quantitative estimate of drug-likeness (QED) is 0.164. The molecule has 2 aromatic carbocycles. The van der Waals surface area contributed by atoms with Crippen LogP contribution in [0.2, 0.25) is 5.02 Å². The summed E-state index contributed by atoms with van der Waals surface area (Å²) in [5.41, 5.74) is -0.161. The Labute approximate surface area is 196 Å². The average molecular weight is 481 g/mol. The fraction of sp³-hybridized carbons (Fsp3) is 0.364. The van der Waals surface area contributed by atoms with Crippen molar-refractivity contribution in [2.75, 3.05) is 65.0 Å². The molecule has 33 heavy (non-hydrogen) atoms. The van der Waals surface area contributed by atoms with Crippen LogP contribution in [-0.2, 0) is 0 Å².